The highest BCUT2D eigenvalue weighted by atomic mass is 35.5. The molecule has 2 heterocycles. The Labute approximate surface area is 163 Å². The molecule has 3 aromatic rings. The van der Waals surface area contributed by atoms with E-state index in [1.54, 1.807) is 24.3 Å². The number of thioether (sulfide) groups is 1. The van der Waals surface area contributed by atoms with Crippen molar-refractivity contribution in [3.05, 3.63) is 86.9 Å². The molecule has 0 aliphatic carbocycles. The second-order valence-electron chi connectivity index (χ2n) is 5.49. The van der Waals surface area contributed by atoms with Gasteiger partial charge in [-0.2, -0.15) is 0 Å². The summed E-state index contributed by atoms with van der Waals surface area (Å²) in [5.41, 5.74) is 0.834. The zero-order valence-corrected chi connectivity index (χ0v) is 15.8. The molecule has 0 spiro atoms. The lowest BCUT2D eigenvalue weighted by Gasteiger charge is -2.16. The fraction of sp³-hybridized carbons (Fsp3) is 0. The Balaban J connectivity index is 1.82. The van der Waals surface area contributed by atoms with Gasteiger partial charge in [0.2, 0.25) is 0 Å². The van der Waals surface area contributed by atoms with Crippen molar-refractivity contribution in [1.29, 1.82) is 0 Å². The van der Waals surface area contributed by atoms with Crippen LogP contribution in [0.1, 0.15) is 4.88 Å². The van der Waals surface area contributed by atoms with Gasteiger partial charge in [0, 0.05) is 9.77 Å². The van der Waals surface area contributed by atoms with Crippen molar-refractivity contribution in [1.82, 2.24) is 0 Å². The number of carbonyl (C=O) groups is 2. The molecule has 0 saturated carbocycles. The van der Waals surface area contributed by atoms with E-state index in [1.807, 2.05) is 47.8 Å². The molecule has 2 amide bonds. The highest BCUT2D eigenvalue weighted by molar-refractivity contribution is 8.04. The van der Waals surface area contributed by atoms with E-state index >= 15 is 0 Å². The van der Waals surface area contributed by atoms with Gasteiger partial charge in [-0.25, -0.2) is 4.90 Å². The van der Waals surface area contributed by atoms with Crippen molar-refractivity contribution in [2.24, 2.45) is 0 Å². The summed E-state index contributed by atoms with van der Waals surface area (Å²) in [7, 11) is 0. The quantitative estimate of drug-likeness (QED) is 0.547. The van der Waals surface area contributed by atoms with Gasteiger partial charge in [0.05, 0.1) is 21.2 Å². The standard InChI is InChI=1S/C20H12ClNO2S2/c21-14-9-4-5-10-15(14)22-19(23)17(16-11-6-12-25-16)18(20(22)24)26-13-7-2-1-3-8-13/h1-12H. The first-order valence-electron chi connectivity index (χ1n) is 7.81. The van der Waals surface area contributed by atoms with E-state index < -0.39 is 0 Å². The average Bonchev–Trinajstić information content (AvgIpc) is 3.25. The maximum Gasteiger partial charge on any atom is 0.273 e. The monoisotopic (exact) mass is 397 g/mol. The summed E-state index contributed by atoms with van der Waals surface area (Å²) in [5, 5.41) is 2.26. The highest BCUT2D eigenvalue weighted by Gasteiger charge is 2.41. The van der Waals surface area contributed by atoms with Crippen molar-refractivity contribution in [3.63, 3.8) is 0 Å². The molecule has 1 aliphatic heterocycles. The molecule has 2 aromatic carbocycles. The molecule has 0 atom stereocenters. The van der Waals surface area contributed by atoms with Crippen LogP contribution in [0.15, 0.2) is 81.9 Å². The summed E-state index contributed by atoms with van der Waals surface area (Å²) < 4.78 is 0. The second kappa shape index (κ2) is 7.11. The lowest BCUT2D eigenvalue weighted by molar-refractivity contribution is -0.119. The first kappa shape index (κ1) is 17.1. The molecule has 1 aromatic heterocycles. The Morgan fingerprint density at radius 3 is 2.27 bits per heavy atom. The van der Waals surface area contributed by atoms with Gasteiger partial charge in [0.25, 0.3) is 11.8 Å². The lowest BCUT2D eigenvalue weighted by atomic mass is 10.2. The number of para-hydroxylation sites is 1. The van der Waals surface area contributed by atoms with Crippen LogP contribution < -0.4 is 4.90 Å². The third-order valence-electron chi connectivity index (χ3n) is 3.87. The van der Waals surface area contributed by atoms with Gasteiger partial charge in [-0.05, 0) is 35.7 Å². The van der Waals surface area contributed by atoms with Crippen LogP contribution in [0.4, 0.5) is 5.69 Å². The first-order valence-corrected chi connectivity index (χ1v) is 9.88. The smallest absolute Gasteiger partial charge is 0.268 e. The molecule has 3 nitrogen and oxygen atoms in total. The number of benzene rings is 2. The number of rotatable bonds is 4. The number of nitrogens with zero attached hydrogens (tertiary/aromatic N) is 1. The molecule has 4 rings (SSSR count). The van der Waals surface area contributed by atoms with Gasteiger partial charge in [0.15, 0.2) is 0 Å². The molecule has 6 heteroatoms. The Hall–Kier alpha value is -2.34. The number of thiophene rings is 1. The Bertz CT molecular complexity index is 1010. The summed E-state index contributed by atoms with van der Waals surface area (Å²) in [6.07, 6.45) is 0. The number of imide groups is 1. The number of carbonyl (C=O) groups excluding carboxylic acids is 2. The fourth-order valence-electron chi connectivity index (χ4n) is 2.70. The van der Waals surface area contributed by atoms with Gasteiger partial charge >= 0.3 is 0 Å². The molecule has 0 saturated heterocycles. The largest absolute Gasteiger partial charge is 0.273 e. The van der Waals surface area contributed by atoms with Gasteiger partial charge < -0.3 is 0 Å². The molecule has 1 aliphatic rings. The van der Waals surface area contributed by atoms with Gasteiger partial charge in [-0.3, -0.25) is 9.59 Å². The molecular formula is C20H12ClNO2S2. The topological polar surface area (TPSA) is 37.4 Å². The average molecular weight is 398 g/mol. The minimum absolute atomic E-state index is 0.344. The summed E-state index contributed by atoms with van der Waals surface area (Å²) in [6, 6.07) is 20.2. The van der Waals surface area contributed by atoms with Crippen LogP contribution in [-0.4, -0.2) is 11.8 Å². The van der Waals surface area contributed by atoms with E-state index in [4.69, 9.17) is 11.6 Å². The van der Waals surface area contributed by atoms with Crippen LogP contribution in [0.25, 0.3) is 5.57 Å². The van der Waals surface area contributed by atoms with Crippen molar-refractivity contribution in [3.8, 4) is 0 Å². The van der Waals surface area contributed by atoms with Crippen molar-refractivity contribution in [2.75, 3.05) is 4.90 Å². The number of hydrogen-bond donors (Lipinski definition) is 0. The van der Waals surface area contributed by atoms with Gasteiger partial charge in [0.1, 0.15) is 0 Å². The van der Waals surface area contributed by atoms with Crippen LogP contribution in [0.3, 0.4) is 0 Å². The van der Waals surface area contributed by atoms with Gasteiger partial charge in [-0.15, -0.1) is 11.3 Å². The summed E-state index contributed by atoms with van der Waals surface area (Å²) >= 11 is 8.99. The van der Waals surface area contributed by atoms with E-state index in [0.29, 0.717) is 21.2 Å². The predicted molar refractivity (Wildman–Crippen MR) is 107 cm³/mol. The highest BCUT2D eigenvalue weighted by Crippen LogP contribution is 2.43. The first-order chi connectivity index (χ1) is 12.7. The predicted octanol–water partition coefficient (Wildman–Crippen LogP) is 5.48. The molecule has 0 bridgehead atoms. The zero-order chi connectivity index (χ0) is 18.1. The van der Waals surface area contributed by atoms with Crippen LogP contribution in [0.5, 0.6) is 0 Å². The molecule has 0 radical (unpaired) electrons. The van der Waals surface area contributed by atoms with E-state index in [0.717, 1.165) is 9.77 Å². The summed E-state index contributed by atoms with van der Waals surface area (Å²) in [4.78, 5) is 29.6. The van der Waals surface area contributed by atoms with Crippen LogP contribution in [0.2, 0.25) is 5.02 Å². The fourth-order valence-corrected chi connectivity index (χ4v) is 4.76. The van der Waals surface area contributed by atoms with E-state index in [9.17, 15) is 9.59 Å². The molecule has 0 unspecified atom stereocenters. The van der Waals surface area contributed by atoms with Crippen molar-refractivity contribution < 1.29 is 9.59 Å². The number of halogens is 1. The second-order valence-corrected chi connectivity index (χ2v) is 7.93. The molecule has 128 valence electrons. The molecule has 26 heavy (non-hydrogen) atoms. The normalized spacial score (nSPS) is 14.4. The number of amides is 2. The Morgan fingerprint density at radius 1 is 0.846 bits per heavy atom. The van der Waals surface area contributed by atoms with E-state index in [1.165, 1.54) is 28.0 Å². The molecular weight excluding hydrogens is 386 g/mol. The number of hydrogen-bond acceptors (Lipinski definition) is 4. The van der Waals surface area contributed by atoms with Crippen molar-refractivity contribution in [2.45, 2.75) is 4.90 Å². The maximum atomic E-state index is 13.2. The summed E-state index contributed by atoms with van der Waals surface area (Å²) in [5.74, 6) is -0.690. The molecule has 0 N–H and O–H groups in total. The minimum atomic E-state index is -0.347. The van der Waals surface area contributed by atoms with E-state index in [-0.39, 0.29) is 11.8 Å². The molecule has 0 fully saturated rings. The van der Waals surface area contributed by atoms with Crippen LogP contribution in [0, 0.1) is 0 Å². The number of anilines is 1. The van der Waals surface area contributed by atoms with Gasteiger partial charge in [-0.1, -0.05) is 59.8 Å². The third-order valence-corrected chi connectivity index (χ3v) is 6.16. The van der Waals surface area contributed by atoms with Crippen LogP contribution in [-0.2, 0) is 9.59 Å². The lowest BCUT2D eigenvalue weighted by Crippen LogP contribution is -2.31. The SMILES string of the molecule is O=C1C(Sc2ccccc2)=C(c2cccs2)C(=O)N1c1ccccc1Cl. The Morgan fingerprint density at radius 2 is 1.58 bits per heavy atom. The zero-order valence-electron chi connectivity index (χ0n) is 13.4. The maximum absolute atomic E-state index is 13.2. The Kier molecular flexibility index (Phi) is 4.68. The van der Waals surface area contributed by atoms with Crippen LogP contribution >= 0.6 is 34.7 Å². The third kappa shape index (κ3) is 2.98. The minimum Gasteiger partial charge on any atom is -0.268 e. The summed E-state index contributed by atoms with van der Waals surface area (Å²) in [6.45, 7) is 0. The van der Waals surface area contributed by atoms with E-state index in [2.05, 4.69) is 0 Å². The van der Waals surface area contributed by atoms with Crippen molar-refractivity contribution >= 4 is 57.8 Å².